The zero-order valence-electron chi connectivity index (χ0n) is 43.5. The van der Waals surface area contributed by atoms with Crippen LogP contribution in [-0.2, 0) is 14.1 Å². The van der Waals surface area contributed by atoms with Crippen LogP contribution in [0.15, 0.2) is 97.6 Å². The van der Waals surface area contributed by atoms with E-state index in [9.17, 15) is 20.4 Å². The largest absolute Gasteiger partial charge is 0.508 e. The van der Waals surface area contributed by atoms with Crippen LogP contribution in [0.4, 0.5) is 0 Å². The molecule has 8 aromatic rings. The number of hydrogen-bond acceptors (Lipinski definition) is 8. The number of phenols is 4. The minimum absolute atomic E-state index is 0.338. The van der Waals surface area contributed by atoms with Crippen molar-refractivity contribution in [3.05, 3.63) is 120 Å². The maximum Gasteiger partial charge on any atom is 0.117 e. The van der Waals surface area contributed by atoms with E-state index in [0.29, 0.717) is 46.7 Å². The highest BCUT2D eigenvalue weighted by Gasteiger charge is 2.39. The number of aromatic nitrogens is 4. The van der Waals surface area contributed by atoms with Crippen LogP contribution in [0.2, 0.25) is 0 Å². The number of phenolic OH excluding ortho intramolecular Hbond substituents is 4. The lowest BCUT2D eigenvalue weighted by molar-refractivity contribution is 0.0876. The molecule has 12 heteroatoms. The van der Waals surface area contributed by atoms with Crippen molar-refractivity contribution in [3.63, 3.8) is 0 Å². The molecule has 12 nitrogen and oxygen atoms in total. The summed E-state index contributed by atoms with van der Waals surface area (Å²) in [7, 11) is 4.18. The number of nitrogens with one attached hydrogen (secondary N) is 2. The summed E-state index contributed by atoms with van der Waals surface area (Å²) in [6.07, 6.45) is 19.6. The standard InChI is InChI=1S/2C16H20N2O.2C15H18N2O/c1-17-9-15(13-8-12(19)2-3-16(13)17)14-10-18-6-4-11(14)5-7-18;1-17-9-15(13-3-2-12(19)8-16(13)17)14-10-18-6-4-11(14)5-7-18;18-11-1-2-15-12(7-11)13(8-16-15)14-9-17-5-3-10(14)4-6-17;18-11-1-2-12-13(8-16-15(12)7-11)14-9-17-5-3-10(14)4-6-17/h2*2-3,8-9,11,14,19H,4-7,10H2,1H3;2*1-2,7-8,10,14,16,18H,3-6,9H2. The summed E-state index contributed by atoms with van der Waals surface area (Å²) >= 11 is 0. The number of aryl methyl sites for hydroxylation is 2. The Bertz CT molecular complexity index is 3280. The average Bonchev–Trinajstić information content (AvgIpc) is 4.23. The van der Waals surface area contributed by atoms with Crippen LogP contribution in [0.5, 0.6) is 23.0 Å². The lowest BCUT2D eigenvalue weighted by atomic mass is 9.75. The molecule has 0 saturated carbocycles. The Morgan fingerprint density at radius 1 is 0.365 bits per heavy atom. The van der Waals surface area contributed by atoms with Crippen molar-refractivity contribution >= 4 is 43.6 Å². The van der Waals surface area contributed by atoms with Gasteiger partial charge in [0, 0.05) is 139 Å². The van der Waals surface area contributed by atoms with Crippen LogP contribution >= 0.6 is 0 Å². The third-order valence-electron chi connectivity index (χ3n) is 19.6. The SMILES string of the molecule is Cn1cc(C2CN3CCC2CC3)c2cc(O)ccc21.Cn1cc(C2CN3CCC2CC3)c2ccc(O)cc21.Oc1ccc2[nH]cc(C3CN4CCC3CC4)c2c1.Oc1ccc2c(C3CN4CCC3CC4)c[nH]c2c1. The maximum absolute atomic E-state index is 9.77. The Balaban J connectivity index is 0.0000000952. The number of fused-ring (bicyclic) bond motifs is 16. The Labute approximate surface area is 435 Å². The second-order valence-electron chi connectivity index (χ2n) is 23.7. The van der Waals surface area contributed by atoms with Crippen LogP contribution < -0.4 is 0 Å². The molecule has 12 saturated heterocycles. The highest BCUT2D eigenvalue weighted by molar-refractivity contribution is 5.88. The van der Waals surface area contributed by atoms with E-state index < -0.39 is 0 Å². The van der Waals surface area contributed by atoms with Crippen molar-refractivity contribution < 1.29 is 20.4 Å². The third kappa shape index (κ3) is 9.03. The molecular weight excluding hydrogens is 921 g/mol. The monoisotopic (exact) mass is 997 g/mol. The van der Waals surface area contributed by atoms with Crippen LogP contribution in [0.3, 0.4) is 0 Å². The van der Waals surface area contributed by atoms with Gasteiger partial charge in [-0.05, 0) is 210 Å². The van der Waals surface area contributed by atoms with Gasteiger partial charge in [0.25, 0.3) is 0 Å². The Morgan fingerprint density at radius 2 is 0.743 bits per heavy atom. The van der Waals surface area contributed by atoms with E-state index in [1.54, 1.807) is 18.2 Å². The quantitative estimate of drug-likeness (QED) is 0.103. The summed E-state index contributed by atoms with van der Waals surface area (Å²) in [6.45, 7) is 15.0. The zero-order chi connectivity index (χ0) is 50.2. The fourth-order valence-electron chi connectivity index (χ4n) is 15.6. The van der Waals surface area contributed by atoms with Crippen LogP contribution in [0, 0.1) is 23.7 Å². The predicted octanol–water partition coefficient (Wildman–Crippen LogP) is 10.8. The number of piperidine rings is 12. The van der Waals surface area contributed by atoms with Gasteiger partial charge in [-0.1, -0.05) is 0 Å². The summed E-state index contributed by atoms with van der Waals surface area (Å²) in [5, 5.41) is 43.7. The van der Waals surface area contributed by atoms with Gasteiger partial charge in [-0.3, -0.25) is 0 Å². The molecule has 4 aromatic heterocycles. The Morgan fingerprint density at radius 3 is 1.24 bits per heavy atom. The van der Waals surface area contributed by atoms with Crippen molar-refractivity contribution in [1.29, 1.82) is 0 Å². The van der Waals surface area contributed by atoms with Crippen molar-refractivity contribution in [2.75, 3.05) is 78.5 Å². The second-order valence-corrected chi connectivity index (χ2v) is 23.7. The highest BCUT2D eigenvalue weighted by atomic mass is 16.3. The summed E-state index contributed by atoms with van der Waals surface area (Å²) in [5.41, 5.74) is 10.3. The molecule has 4 atom stereocenters. The number of aromatic amines is 2. The van der Waals surface area contributed by atoms with Crippen molar-refractivity contribution in [1.82, 2.24) is 38.7 Å². The van der Waals surface area contributed by atoms with Crippen molar-refractivity contribution in [3.8, 4) is 23.0 Å². The molecule has 8 bridgehead atoms. The zero-order valence-corrected chi connectivity index (χ0v) is 43.5. The van der Waals surface area contributed by atoms with Gasteiger partial charge in [0.15, 0.2) is 0 Å². The van der Waals surface area contributed by atoms with Gasteiger partial charge in [0.1, 0.15) is 23.0 Å². The van der Waals surface area contributed by atoms with Gasteiger partial charge in [-0.2, -0.15) is 0 Å². The summed E-state index contributed by atoms with van der Waals surface area (Å²) < 4.78 is 4.35. The number of H-pyrrole nitrogens is 2. The maximum atomic E-state index is 9.77. The molecule has 388 valence electrons. The van der Waals surface area contributed by atoms with E-state index in [4.69, 9.17) is 0 Å². The molecule has 0 radical (unpaired) electrons. The van der Waals surface area contributed by atoms with Crippen LogP contribution in [-0.4, -0.2) is 138 Å². The first-order valence-corrected chi connectivity index (χ1v) is 28.1. The molecular formula is C62H76N8O4. The van der Waals surface area contributed by atoms with E-state index in [-0.39, 0.29) is 0 Å². The van der Waals surface area contributed by atoms with Crippen LogP contribution in [0.1, 0.15) is 97.3 Å². The lowest BCUT2D eigenvalue weighted by Crippen LogP contribution is -2.46. The summed E-state index contributed by atoms with van der Waals surface area (Å²) in [6, 6.07) is 22.8. The molecule has 12 fully saturated rings. The molecule has 12 aliphatic heterocycles. The summed E-state index contributed by atoms with van der Waals surface area (Å²) in [5.74, 6) is 7.43. The third-order valence-corrected chi connectivity index (χ3v) is 19.6. The normalized spacial score (nSPS) is 30.5. The molecule has 6 N–H and O–H groups in total. The minimum atomic E-state index is 0.338. The van der Waals surface area contributed by atoms with Crippen molar-refractivity contribution in [2.24, 2.45) is 37.8 Å². The predicted molar refractivity (Wildman–Crippen MR) is 297 cm³/mol. The van der Waals surface area contributed by atoms with Gasteiger partial charge < -0.3 is 59.1 Å². The van der Waals surface area contributed by atoms with E-state index in [1.165, 1.54) is 179 Å². The minimum Gasteiger partial charge on any atom is -0.508 e. The first-order chi connectivity index (χ1) is 36.1. The fourth-order valence-corrected chi connectivity index (χ4v) is 15.6. The number of benzene rings is 4. The van der Waals surface area contributed by atoms with Gasteiger partial charge in [0.2, 0.25) is 0 Å². The molecule has 12 aliphatic rings. The number of aromatic hydroxyl groups is 4. The molecule has 74 heavy (non-hydrogen) atoms. The fraction of sp³-hybridized carbons (Fsp3) is 0.484. The lowest BCUT2D eigenvalue weighted by Gasteiger charge is -2.44. The molecule has 0 amide bonds. The van der Waals surface area contributed by atoms with E-state index in [2.05, 4.69) is 83.7 Å². The van der Waals surface area contributed by atoms with Gasteiger partial charge in [0.05, 0.1) is 5.52 Å². The number of nitrogens with zero attached hydrogens (tertiary/aromatic N) is 6. The van der Waals surface area contributed by atoms with Gasteiger partial charge in [-0.15, -0.1) is 0 Å². The van der Waals surface area contributed by atoms with Crippen LogP contribution in [0.25, 0.3) is 43.6 Å². The average molecular weight is 997 g/mol. The molecule has 20 rings (SSSR count). The Hall–Kier alpha value is -5.92. The summed E-state index contributed by atoms with van der Waals surface area (Å²) in [4.78, 5) is 17.0. The Kier molecular flexibility index (Phi) is 12.7. The first kappa shape index (κ1) is 47.8. The molecule has 0 aliphatic carbocycles. The molecule has 0 spiro atoms. The topological polar surface area (TPSA) is 135 Å². The molecule has 4 aromatic carbocycles. The van der Waals surface area contributed by atoms with E-state index in [0.717, 1.165) is 40.2 Å². The molecule has 16 heterocycles. The first-order valence-electron chi connectivity index (χ1n) is 28.1. The smallest absolute Gasteiger partial charge is 0.117 e. The van der Waals surface area contributed by atoms with Gasteiger partial charge >= 0.3 is 0 Å². The highest BCUT2D eigenvalue weighted by Crippen LogP contribution is 2.46. The second kappa shape index (κ2) is 19.7. The number of hydrogen-bond donors (Lipinski definition) is 6. The molecule has 4 unspecified atom stereocenters. The number of rotatable bonds is 4. The van der Waals surface area contributed by atoms with Crippen molar-refractivity contribution in [2.45, 2.75) is 75.0 Å². The van der Waals surface area contributed by atoms with Gasteiger partial charge in [-0.25, -0.2) is 0 Å². The van der Waals surface area contributed by atoms with E-state index in [1.807, 2.05) is 48.5 Å². The van der Waals surface area contributed by atoms with E-state index >= 15 is 0 Å².